The predicted octanol–water partition coefficient (Wildman–Crippen LogP) is 2.36. The highest BCUT2D eigenvalue weighted by Gasteiger charge is 2.34. The Hall–Kier alpha value is -2.86. The first-order chi connectivity index (χ1) is 12.2. The Balaban J connectivity index is 1.48. The number of para-hydroxylation sites is 1. The van der Waals surface area contributed by atoms with Crippen molar-refractivity contribution in [3.63, 3.8) is 0 Å². The van der Waals surface area contributed by atoms with Crippen molar-refractivity contribution in [2.45, 2.75) is 19.2 Å². The average molecular weight is 336 g/mol. The van der Waals surface area contributed by atoms with Gasteiger partial charge < -0.3 is 15.0 Å². The van der Waals surface area contributed by atoms with Gasteiger partial charge in [-0.25, -0.2) is 4.98 Å². The fourth-order valence-electron chi connectivity index (χ4n) is 3.42. The first kappa shape index (κ1) is 15.7. The molecule has 6 heteroatoms. The molecule has 4 rings (SSSR count). The summed E-state index contributed by atoms with van der Waals surface area (Å²) < 4.78 is 0. The van der Waals surface area contributed by atoms with Gasteiger partial charge >= 0.3 is 0 Å². The molecule has 1 aromatic carbocycles. The van der Waals surface area contributed by atoms with Crippen molar-refractivity contribution < 1.29 is 9.90 Å². The number of nitrogens with zero attached hydrogens (tertiary/aromatic N) is 3. The molecular weight excluding hydrogens is 316 g/mol. The Bertz CT molecular complexity index is 920. The number of carbonyl (C=O) groups is 1. The van der Waals surface area contributed by atoms with Gasteiger partial charge in [0.1, 0.15) is 5.82 Å². The zero-order valence-electron chi connectivity index (χ0n) is 14.0. The van der Waals surface area contributed by atoms with Crippen molar-refractivity contribution in [3.05, 3.63) is 59.9 Å². The lowest BCUT2D eigenvalue weighted by Gasteiger charge is -2.39. The monoisotopic (exact) mass is 336 g/mol. The number of nitrogens with one attached hydrogen (secondary N) is 1. The molecule has 0 fully saturated rings. The van der Waals surface area contributed by atoms with E-state index < -0.39 is 6.35 Å². The molecule has 1 aliphatic heterocycles. The number of amides is 1. The van der Waals surface area contributed by atoms with E-state index in [4.69, 9.17) is 0 Å². The summed E-state index contributed by atoms with van der Waals surface area (Å²) in [7, 11) is 1.75. The second-order valence-electron chi connectivity index (χ2n) is 6.29. The van der Waals surface area contributed by atoms with Crippen LogP contribution < -0.4 is 4.90 Å². The number of aliphatic hydroxyl groups excluding tert-OH is 1. The zero-order chi connectivity index (χ0) is 17.4. The average Bonchev–Trinajstić information content (AvgIpc) is 3.06. The number of anilines is 1. The van der Waals surface area contributed by atoms with Crippen LogP contribution in [0.2, 0.25) is 0 Å². The number of fused-ring (bicyclic) bond motifs is 2. The summed E-state index contributed by atoms with van der Waals surface area (Å²) >= 11 is 0. The first-order valence-electron chi connectivity index (χ1n) is 8.38. The Morgan fingerprint density at radius 2 is 2.08 bits per heavy atom. The number of aryl methyl sites for hydroxylation is 1. The van der Waals surface area contributed by atoms with Crippen LogP contribution in [0, 0.1) is 0 Å². The van der Waals surface area contributed by atoms with E-state index in [-0.39, 0.29) is 5.91 Å². The molecule has 1 aliphatic rings. The molecule has 0 bridgehead atoms. The molecule has 3 aromatic rings. The Labute approximate surface area is 145 Å². The van der Waals surface area contributed by atoms with Gasteiger partial charge in [-0.15, -0.1) is 0 Å². The second kappa shape index (κ2) is 6.22. The lowest BCUT2D eigenvalue weighted by molar-refractivity contribution is 0.00343. The fraction of sp³-hybridized carbons (Fsp3) is 0.263. The van der Waals surface area contributed by atoms with Crippen molar-refractivity contribution in [2.75, 3.05) is 18.5 Å². The highest BCUT2D eigenvalue weighted by Crippen LogP contribution is 2.27. The van der Waals surface area contributed by atoms with Crippen LogP contribution in [0.5, 0.6) is 0 Å². The molecule has 0 saturated heterocycles. The van der Waals surface area contributed by atoms with Crippen LogP contribution in [0.4, 0.5) is 5.82 Å². The van der Waals surface area contributed by atoms with Crippen LogP contribution in [0.25, 0.3) is 10.9 Å². The van der Waals surface area contributed by atoms with Crippen LogP contribution >= 0.6 is 0 Å². The first-order valence-corrected chi connectivity index (χ1v) is 8.38. The topological polar surface area (TPSA) is 72.5 Å². The molecule has 0 radical (unpaired) electrons. The molecule has 2 aromatic heterocycles. The molecule has 1 amide bonds. The Morgan fingerprint density at radius 1 is 1.24 bits per heavy atom. The quantitative estimate of drug-likeness (QED) is 0.767. The zero-order valence-corrected chi connectivity index (χ0v) is 14.0. The van der Waals surface area contributed by atoms with Crippen molar-refractivity contribution >= 4 is 22.6 Å². The largest absolute Gasteiger partial charge is 0.361 e. The van der Waals surface area contributed by atoms with Crippen LogP contribution in [-0.4, -0.2) is 45.8 Å². The van der Waals surface area contributed by atoms with Gasteiger partial charge in [-0.05, 0) is 36.6 Å². The second-order valence-corrected chi connectivity index (χ2v) is 6.29. The molecule has 25 heavy (non-hydrogen) atoms. The summed E-state index contributed by atoms with van der Waals surface area (Å²) in [6.45, 7) is 0.484. The lowest BCUT2D eigenvalue weighted by Crippen LogP contribution is -2.54. The van der Waals surface area contributed by atoms with Gasteiger partial charge in [0.2, 0.25) is 6.35 Å². The maximum atomic E-state index is 12.7. The molecule has 1 unspecified atom stereocenters. The van der Waals surface area contributed by atoms with Crippen LogP contribution in [0.3, 0.4) is 0 Å². The third-order valence-corrected chi connectivity index (χ3v) is 4.76. The highest BCUT2D eigenvalue weighted by atomic mass is 16.3. The number of aliphatic hydroxyl groups is 1. The summed E-state index contributed by atoms with van der Waals surface area (Å²) in [6, 6.07) is 11.7. The SMILES string of the molecule is CN1c2ncccc2C(=O)N(CCCc2c[nH]c3ccccc23)C1O. The minimum Gasteiger partial charge on any atom is -0.361 e. The number of H-pyrrole nitrogens is 1. The van der Waals surface area contributed by atoms with Gasteiger partial charge in [0.25, 0.3) is 5.91 Å². The van der Waals surface area contributed by atoms with Crippen molar-refractivity contribution in [2.24, 2.45) is 0 Å². The van der Waals surface area contributed by atoms with E-state index >= 15 is 0 Å². The van der Waals surface area contributed by atoms with Gasteiger partial charge in [0.15, 0.2) is 0 Å². The maximum absolute atomic E-state index is 12.7. The van der Waals surface area contributed by atoms with Gasteiger partial charge in [0, 0.05) is 36.9 Å². The number of hydrogen-bond acceptors (Lipinski definition) is 4. The molecule has 1 atom stereocenters. The standard InChI is InChI=1S/C19H20N4O2/c1-22-17-15(8-4-10-20-17)18(24)23(19(22)25)11-5-6-13-12-21-16-9-3-2-7-14(13)16/h2-4,7-10,12,19,21,25H,5-6,11H2,1H3. The fourth-order valence-corrected chi connectivity index (χ4v) is 3.42. The van der Waals surface area contributed by atoms with E-state index in [0.717, 1.165) is 18.4 Å². The summed E-state index contributed by atoms with van der Waals surface area (Å²) in [5, 5.41) is 11.7. The summed E-state index contributed by atoms with van der Waals surface area (Å²) in [6.07, 6.45) is 4.27. The number of rotatable bonds is 4. The van der Waals surface area contributed by atoms with E-state index in [1.165, 1.54) is 15.8 Å². The van der Waals surface area contributed by atoms with Gasteiger partial charge in [-0.2, -0.15) is 0 Å². The summed E-state index contributed by atoms with van der Waals surface area (Å²) in [5.74, 6) is 0.348. The van der Waals surface area contributed by atoms with E-state index in [9.17, 15) is 9.90 Å². The molecule has 0 aliphatic carbocycles. The van der Waals surface area contributed by atoms with Crippen LogP contribution in [0.1, 0.15) is 22.3 Å². The van der Waals surface area contributed by atoms with Crippen LogP contribution in [0.15, 0.2) is 48.8 Å². The molecule has 128 valence electrons. The van der Waals surface area contributed by atoms with E-state index in [1.807, 2.05) is 18.3 Å². The van der Waals surface area contributed by atoms with Crippen molar-refractivity contribution in [1.82, 2.24) is 14.9 Å². The van der Waals surface area contributed by atoms with Crippen LogP contribution in [-0.2, 0) is 6.42 Å². The third-order valence-electron chi connectivity index (χ3n) is 4.76. The Kier molecular flexibility index (Phi) is 3.89. The van der Waals surface area contributed by atoms with Gasteiger partial charge in [0.05, 0.1) is 5.56 Å². The smallest absolute Gasteiger partial charge is 0.261 e. The molecule has 0 spiro atoms. The maximum Gasteiger partial charge on any atom is 0.261 e. The Morgan fingerprint density at radius 3 is 2.96 bits per heavy atom. The predicted molar refractivity (Wildman–Crippen MR) is 96.3 cm³/mol. The van der Waals surface area contributed by atoms with Gasteiger partial charge in [-0.3, -0.25) is 9.69 Å². The number of aromatic nitrogens is 2. The molecule has 3 heterocycles. The molecule has 2 N–H and O–H groups in total. The summed E-state index contributed by atoms with van der Waals surface area (Å²) in [4.78, 5) is 23.3. The number of hydrogen-bond donors (Lipinski definition) is 2. The van der Waals surface area contributed by atoms with E-state index in [2.05, 4.69) is 22.1 Å². The number of benzene rings is 1. The minimum atomic E-state index is -0.988. The van der Waals surface area contributed by atoms with E-state index in [0.29, 0.717) is 17.9 Å². The minimum absolute atomic E-state index is 0.173. The van der Waals surface area contributed by atoms with Gasteiger partial charge in [-0.1, -0.05) is 18.2 Å². The lowest BCUT2D eigenvalue weighted by atomic mass is 10.1. The number of aromatic amines is 1. The molecule has 0 saturated carbocycles. The number of pyridine rings is 1. The van der Waals surface area contributed by atoms with Crippen molar-refractivity contribution in [3.8, 4) is 0 Å². The molecular formula is C19H20N4O2. The molecule has 6 nitrogen and oxygen atoms in total. The highest BCUT2D eigenvalue weighted by molar-refractivity contribution is 6.00. The van der Waals surface area contributed by atoms with Crippen molar-refractivity contribution in [1.29, 1.82) is 0 Å². The number of carbonyl (C=O) groups excluding carboxylic acids is 1. The van der Waals surface area contributed by atoms with E-state index in [1.54, 1.807) is 30.3 Å². The normalized spacial score (nSPS) is 17.2. The summed E-state index contributed by atoms with van der Waals surface area (Å²) in [5.41, 5.74) is 2.87. The third kappa shape index (κ3) is 2.64.